The summed E-state index contributed by atoms with van der Waals surface area (Å²) in [6, 6.07) is 7.84. The minimum absolute atomic E-state index is 0.452. The molecule has 94 valence electrons. The summed E-state index contributed by atoms with van der Waals surface area (Å²) in [6.45, 7) is 1.10. The molecule has 2 heterocycles. The predicted molar refractivity (Wildman–Crippen MR) is 70.2 cm³/mol. The van der Waals surface area contributed by atoms with Gasteiger partial charge in [0.1, 0.15) is 0 Å². The Balaban J connectivity index is 1.78. The van der Waals surface area contributed by atoms with Crippen LogP contribution in [0.4, 0.5) is 0 Å². The number of aromatic nitrogens is 2. The van der Waals surface area contributed by atoms with Gasteiger partial charge in [-0.05, 0) is 36.6 Å². The number of pyridine rings is 2. The molecule has 0 fully saturated rings. The fraction of sp³-hybridized carbons (Fsp3) is 0.286. The highest BCUT2D eigenvalue weighted by molar-refractivity contribution is 5.24. The molecule has 0 bridgehead atoms. The van der Waals surface area contributed by atoms with Gasteiger partial charge in [0.2, 0.25) is 5.88 Å². The minimum Gasteiger partial charge on any atom is -0.477 e. The Morgan fingerprint density at radius 3 is 2.72 bits per heavy atom. The highest BCUT2D eigenvalue weighted by Gasteiger charge is 2.02. The Morgan fingerprint density at radius 1 is 1.11 bits per heavy atom. The number of nitrogens with zero attached hydrogens (tertiary/aromatic N) is 2. The van der Waals surface area contributed by atoms with Crippen molar-refractivity contribution in [2.75, 3.05) is 6.61 Å². The normalized spacial score (nSPS) is 10.3. The molecule has 2 rings (SSSR count). The van der Waals surface area contributed by atoms with E-state index in [0.29, 0.717) is 19.0 Å². The van der Waals surface area contributed by atoms with Gasteiger partial charge in [-0.1, -0.05) is 6.07 Å². The Morgan fingerprint density at radius 2 is 1.94 bits per heavy atom. The van der Waals surface area contributed by atoms with Gasteiger partial charge in [-0.25, -0.2) is 4.98 Å². The van der Waals surface area contributed by atoms with E-state index in [1.54, 1.807) is 6.20 Å². The van der Waals surface area contributed by atoms with Gasteiger partial charge in [-0.15, -0.1) is 0 Å². The maximum atomic E-state index is 5.64. The van der Waals surface area contributed by atoms with Crippen molar-refractivity contribution in [2.24, 2.45) is 5.73 Å². The van der Waals surface area contributed by atoms with Crippen LogP contribution in [0.3, 0.4) is 0 Å². The van der Waals surface area contributed by atoms with E-state index in [0.717, 1.165) is 18.4 Å². The second kappa shape index (κ2) is 6.71. The summed E-state index contributed by atoms with van der Waals surface area (Å²) in [6.07, 6.45) is 7.26. The van der Waals surface area contributed by atoms with E-state index >= 15 is 0 Å². The standard InChI is InChI=1S/C14H17N3O/c15-11-13-4-1-7-17-14(13)18-10-2-3-12-5-8-16-9-6-12/h1,4-9H,2-3,10-11,15H2. The van der Waals surface area contributed by atoms with Crippen LogP contribution in [0.1, 0.15) is 17.5 Å². The molecule has 0 aliphatic heterocycles. The van der Waals surface area contributed by atoms with E-state index in [2.05, 4.69) is 9.97 Å². The quantitative estimate of drug-likeness (QED) is 0.788. The van der Waals surface area contributed by atoms with Crippen molar-refractivity contribution in [3.8, 4) is 5.88 Å². The number of ether oxygens (including phenoxy) is 1. The van der Waals surface area contributed by atoms with Gasteiger partial charge < -0.3 is 10.5 Å². The Bertz CT molecular complexity index is 473. The second-order valence-electron chi connectivity index (χ2n) is 3.98. The third kappa shape index (κ3) is 3.53. The molecule has 2 N–H and O–H groups in total. The zero-order valence-electron chi connectivity index (χ0n) is 10.2. The first-order valence-electron chi connectivity index (χ1n) is 6.06. The third-order valence-electron chi connectivity index (χ3n) is 2.67. The second-order valence-corrected chi connectivity index (χ2v) is 3.98. The summed E-state index contributed by atoms with van der Waals surface area (Å²) >= 11 is 0. The smallest absolute Gasteiger partial charge is 0.217 e. The maximum Gasteiger partial charge on any atom is 0.217 e. The van der Waals surface area contributed by atoms with E-state index in [1.807, 2.05) is 36.7 Å². The summed E-state index contributed by atoms with van der Waals surface area (Å²) in [5.74, 6) is 0.648. The first-order valence-corrected chi connectivity index (χ1v) is 6.06. The van der Waals surface area contributed by atoms with Crippen molar-refractivity contribution < 1.29 is 4.74 Å². The molecule has 4 heteroatoms. The van der Waals surface area contributed by atoms with Crippen LogP contribution in [0.5, 0.6) is 5.88 Å². The summed E-state index contributed by atoms with van der Waals surface area (Å²) in [7, 11) is 0. The van der Waals surface area contributed by atoms with Crippen LogP contribution in [-0.4, -0.2) is 16.6 Å². The summed E-state index contributed by atoms with van der Waals surface area (Å²) < 4.78 is 5.64. The van der Waals surface area contributed by atoms with Crippen molar-refractivity contribution in [1.82, 2.24) is 9.97 Å². The lowest BCUT2D eigenvalue weighted by molar-refractivity contribution is 0.296. The van der Waals surface area contributed by atoms with E-state index in [1.165, 1.54) is 5.56 Å². The van der Waals surface area contributed by atoms with Crippen LogP contribution in [-0.2, 0) is 13.0 Å². The topological polar surface area (TPSA) is 61.0 Å². The lowest BCUT2D eigenvalue weighted by atomic mass is 10.1. The number of hydrogen-bond acceptors (Lipinski definition) is 4. The van der Waals surface area contributed by atoms with Crippen LogP contribution >= 0.6 is 0 Å². The van der Waals surface area contributed by atoms with Gasteiger partial charge in [0.25, 0.3) is 0 Å². The molecule has 2 aromatic rings. The summed E-state index contributed by atoms with van der Waals surface area (Å²) in [4.78, 5) is 8.17. The monoisotopic (exact) mass is 243 g/mol. The Kier molecular flexibility index (Phi) is 4.67. The number of aryl methyl sites for hydroxylation is 1. The first-order chi connectivity index (χ1) is 8.90. The van der Waals surface area contributed by atoms with Crippen molar-refractivity contribution >= 4 is 0 Å². The molecule has 0 aliphatic carbocycles. The van der Waals surface area contributed by atoms with Crippen molar-refractivity contribution in [3.05, 3.63) is 54.0 Å². The van der Waals surface area contributed by atoms with Crippen molar-refractivity contribution in [2.45, 2.75) is 19.4 Å². The Labute approximate surface area is 107 Å². The van der Waals surface area contributed by atoms with Crippen LogP contribution in [0.25, 0.3) is 0 Å². The van der Waals surface area contributed by atoms with Gasteiger partial charge in [0, 0.05) is 30.7 Å². The zero-order chi connectivity index (χ0) is 12.6. The molecular weight excluding hydrogens is 226 g/mol. The molecule has 0 saturated carbocycles. The fourth-order valence-electron chi connectivity index (χ4n) is 1.70. The van der Waals surface area contributed by atoms with Crippen LogP contribution < -0.4 is 10.5 Å². The summed E-state index contributed by atoms with van der Waals surface area (Å²) in [5.41, 5.74) is 7.84. The van der Waals surface area contributed by atoms with E-state index in [4.69, 9.17) is 10.5 Å². The SMILES string of the molecule is NCc1cccnc1OCCCc1ccncc1. The van der Waals surface area contributed by atoms with Gasteiger partial charge in [-0.3, -0.25) is 4.98 Å². The number of hydrogen-bond donors (Lipinski definition) is 1. The predicted octanol–water partition coefficient (Wildman–Crippen LogP) is 1.95. The zero-order valence-corrected chi connectivity index (χ0v) is 10.2. The third-order valence-corrected chi connectivity index (χ3v) is 2.67. The fourth-order valence-corrected chi connectivity index (χ4v) is 1.70. The highest BCUT2D eigenvalue weighted by atomic mass is 16.5. The average molecular weight is 243 g/mol. The van der Waals surface area contributed by atoms with Crippen molar-refractivity contribution in [3.63, 3.8) is 0 Å². The number of nitrogens with two attached hydrogens (primary N) is 1. The van der Waals surface area contributed by atoms with Gasteiger partial charge in [0.05, 0.1) is 6.61 Å². The van der Waals surface area contributed by atoms with Gasteiger partial charge in [0.15, 0.2) is 0 Å². The van der Waals surface area contributed by atoms with Crippen LogP contribution in [0.15, 0.2) is 42.9 Å². The van der Waals surface area contributed by atoms with Crippen LogP contribution in [0, 0.1) is 0 Å². The molecule has 0 aromatic carbocycles. The Hall–Kier alpha value is -1.94. The van der Waals surface area contributed by atoms with E-state index in [-0.39, 0.29) is 0 Å². The molecule has 0 saturated heterocycles. The molecule has 0 spiro atoms. The first kappa shape index (κ1) is 12.5. The number of rotatable bonds is 6. The van der Waals surface area contributed by atoms with E-state index in [9.17, 15) is 0 Å². The molecule has 18 heavy (non-hydrogen) atoms. The highest BCUT2D eigenvalue weighted by Crippen LogP contribution is 2.13. The molecule has 0 atom stereocenters. The molecule has 4 nitrogen and oxygen atoms in total. The molecule has 0 unspecified atom stereocenters. The van der Waals surface area contributed by atoms with Gasteiger partial charge in [-0.2, -0.15) is 0 Å². The van der Waals surface area contributed by atoms with Crippen molar-refractivity contribution in [1.29, 1.82) is 0 Å². The van der Waals surface area contributed by atoms with E-state index < -0.39 is 0 Å². The molecule has 0 amide bonds. The lowest BCUT2D eigenvalue weighted by Gasteiger charge is -2.08. The average Bonchev–Trinajstić information content (AvgIpc) is 2.45. The largest absolute Gasteiger partial charge is 0.477 e. The molecule has 2 aromatic heterocycles. The molecule has 0 aliphatic rings. The maximum absolute atomic E-state index is 5.64. The van der Waals surface area contributed by atoms with Gasteiger partial charge >= 0.3 is 0 Å². The molecular formula is C14H17N3O. The van der Waals surface area contributed by atoms with Crippen LogP contribution in [0.2, 0.25) is 0 Å². The lowest BCUT2D eigenvalue weighted by Crippen LogP contribution is -2.06. The minimum atomic E-state index is 0.452. The summed E-state index contributed by atoms with van der Waals surface area (Å²) in [5, 5.41) is 0. The molecule has 0 radical (unpaired) electrons.